The topological polar surface area (TPSA) is 84.9 Å². The van der Waals surface area contributed by atoms with Crippen molar-refractivity contribution in [3.8, 4) is 0 Å². The van der Waals surface area contributed by atoms with E-state index in [0.717, 1.165) is 0 Å². The maximum absolute atomic E-state index is 12.2. The number of nitrogens with one attached hydrogen (secondary N) is 1. The predicted octanol–water partition coefficient (Wildman–Crippen LogP) is 1.22. The van der Waals surface area contributed by atoms with Gasteiger partial charge in [0, 0.05) is 12.7 Å². The van der Waals surface area contributed by atoms with Gasteiger partial charge in [-0.05, 0) is 11.6 Å². The highest BCUT2D eigenvalue weighted by Crippen LogP contribution is 2.10. The second kappa shape index (κ2) is 8.89. The SMILES string of the molecule is C=CCOCC(NC(=O)c1ccccc1COC)C(=O)O. The zero-order chi connectivity index (χ0) is 15.7. The van der Waals surface area contributed by atoms with Crippen molar-refractivity contribution in [1.82, 2.24) is 5.32 Å². The second-order valence-corrected chi connectivity index (χ2v) is 4.28. The third-order valence-corrected chi connectivity index (χ3v) is 2.69. The van der Waals surface area contributed by atoms with Crippen LogP contribution in [0.4, 0.5) is 0 Å². The number of carboxylic acid groups (broad SMARTS) is 1. The van der Waals surface area contributed by atoms with Crippen molar-refractivity contribution >= 4 is 11.9 Å². The number of carbonyl (C=O) groups excluding carboxylic acids is 1. The van der Waals surface area contributed by atoms with Gasteiger partial charge in [-0.2, -0.15) is 0 Å². The van der Waals surface area contributed by atoms with E-state index in [-0.39, 0.29) is 19.8 Å². The molecule has 6 heteroatoms. The summed E-state index contributed by atoms with van der Waals surface area (Å²) < 4.78 is 10.1. The monoisotopic (exact) mass is 293 g/mol. The Balaban J connectivity index is 2.77. The Morgan fingerprint density at radius 1 is 1.43 bits per heavy atom. The predicted molar refractivity (Wildman–Crippen MR) is 77.1 cm³/mol. The number of carbonyl (C=O) groups is 2. The molecule has 1 rings (SSSR count). The molecule has 0 aromatic heterocycles. The minimum atomic E-state index is -1.16. The first-order valence-electron chi connectivity index (χ1n) is 6.39. The average molecular weight is 293 g/mol. The molecular formula is C15H19NO5. The van der Waals surface area contributed by atoms with Crippen LogP contribution >= 0.6 is 0 Å². The highest BCUT2D eigenvalue weighted by molar-refractivity contribution is 5.97. The molecular weight excluding hydrogens is 274 g/mol. The fraction of sp³-hybridized carbons (Fsp3) is 0.333. The number of hydrogen-bond donors (Lipinski definition) is 2. The van der Waals surface area contributed by atoms with Gasteiger partial charge >= 0.3 is 5.97 Å². The highest BCUT2D eigenvalue weighted by atomic mass is 16.5. The van der Waals surface area contributed by atoms with Crippen molar-refractivity contribution in [2.45, 2.75) is 12.6 Å². The summed E-state index contributed by atoms with van der Waals surface area (Å²) in [6.07, 6.45) is 1.51. The van der Waals surface area contributed by atoms with Gasteiger partial charge in [-0.3, -0.25) is 4.79 Å². The lowest BCUT2D eigenvalue weighted by molar-refractivity contribution is -0.140. The summed E-state index contributed by atoms with van der Waals surface area (Å²) in [4.78, 5) is 23.3. The van der Waals surface area contributed by atoms with Crippen molar-refractivity contribution in [3.63, 3.8) is 0 Å². The molecule has 0 aliphatic rings. The normalized spacial score (nSPS) is 11.7. The second-order valence-electron chi connectivity index (χ2n) is 4.28. The van der Waals surface area contributed by atoms with Crippen molar-refractivity contribution in [3.05, 3.63) is 48.0 Å². The first-order chi connectivity index (χ1) is 10.1. The standard InChI is InChI=1S/C15H19NO5/c1-3-8-21-10-13(15(18)19)16-14(17)12-7-5-4-6-11(12)9-20-2/h3-7,13H,1,8-10H2,2H3,(H,16,17)(H,18,19). The van der Waals surface area contributed by atoms with Crippen molar-refractivity contribution < 1.29 is 24.2 Å². The third kappa shape index (κ3) is 5.37. The first-order valence-corrected chi connectivity index (χ1v) is 6.39. The van der Waals surface area contributed by atoms with Gasteiger partial charge in [-0.25, -0.2) is 4.79 Å². The molecule has 1 aromatic carbocycles. The number of rotatable bonds is 9. The lowest BCUT2D eigenvalue weighted by atomic mass is 10.1. The summed E-state index contributed by atoms with van der Waals surface area (Å²) in [6, 6.07) is 5.74. The smallest absolute Gasteiger partial charge is 0.328 e. The maximum Gasteiger partial charge on any atom is 0.328 e. The van der Waals surface area contributed by atoms with E-state index < -0.39 is 17.9 Å². The third-order valence-electron chi connectivity index (χ3n) is 2.69. The molecule has 1 unspecified atom stereocenters. The molecule has 0 spiro atoms. The maximum atomic E-state index is 12.2. The van der Waals surface area contributed by atoms with Crippen LogP contribution in [-0.2, 0) is 20.9 Å². The zero-order valence-electron chi connectivity index (χ0n) is 11.9. The molecule has 0 heterocycles. The van der Waals surface area contributed by atoms with E-state index in [9.17, 15) is 9.59 Å². The summed E-state index contributed by atoms with van der Waals surface area (Å²) >= 11 is 0. The molecule has 1 aromatic rings. The molecule has 1 amide bonds. The van der Waals surface area contributed by atoms with E-state index in [1.165, 1.54) is 13.2 Å². The summed E-state index contributed by atoms with van der Waals surface area (Å²) in [6.45, 7) is 3.84. The Morgan fingerprint density at radius 3 is 2.76 bits per heavy atom. The molecule has 6 nitrogen and oxygen atoms in total. The number of benzene rings is 1. The molecule has 0 saturated heterocycles. The average Bonchev–Trinajstić information content (AvgIpc) is 2.47. The molecule has 21 heavy (non-hydrogen) atoms. The lowest BCUT2D eigenvalue weighted by Crippen LogP contribution is -2.44. The number of ether oxygens (including phenoxy) is 2. The number of hydrogen-bond acceptors (Lipinski definition) is 4. The van der Waals surface area contributed by atoms with E-state index in [1.807, 2.05) is 0 Å². The van der Waals surface area contributed by atoms with Crippen molar-refractivity contribution in [1.29, 1.82) is 0 Å². The summed E-state index contributed by atoms with van der Waals surface area (Å²) in [7, 11) is 1.53. The Morgan fingerprint density at radius 2 is 2.14 bits per heavy atom. The molecule has 114 valence electrons. The Hall–Kier alpha value is -2.18. The van der Waals surface area contributed by atoms with Crippen LogP contribution in [0.15, 0.2) is 36.9 Å². The molecule has 0 bridgehead atoms. The van der Waals surface area contributed by atoms with Crippen LogP contribution in [0.2, 0.25) is 0 Å². The molecule has 0 fully saturated rings. The van der Waals surface area contributed by atoms with Gasteiger partial charge in [-0.15, -0.1) is 6.58 Å². The minimum absolute atomic E-state index is 0.125. The van der Waals surface area contributed by atoms with Gasteiger partial charge in [0.05, 0.1) is 19.8 Å². The number of aliphatic carboxylic acids is 1. The lowest BCUT2D eigenvalue weighted by Gasteiger charge is -2.15. The molecule has 0 radical (unpaired) electrons. The number of carboxylic acids is 1. The largest absolute Gasteiger partial charge is 0.480 e. The quantitative estimate of drug-likeness (QED) is 0.528. The van der Waals surface area contributed by atoms with E-state index in [2.05, 4.69) is 11.9 Å². The van der Waals surface area contributed by atoms with Gasteiger partial charge in [0.15, 0.2) is 6.04 Å². The van der Waals surface area contributed by atoms with Crippen LogP contribution in [-0.4, -0.2) is 43.3 Å². The van der Waals surface area contributed by atoms with Crippen molar-refractivity contribution in [2.75, 3.05) is 20.3 Å². The van der Waals surface area contributed by atoms with Gasteiger partial charge in [0.1, 0.15) is 0 Å². The highest BCUT2D eigenvalue weighted by Gasteiger charge is 2.22. The van der Waals surface area contributed by atoms with Crippen LogP contribution in [0, 0.1) is 0 Å². The molecule has 0 aliphatic carbocycles. The fourth-order valence-electron chi connectivity index (χ4n) is 1.70. The Kier molecular flexibility index (Phi) is 7.14. The molecule has 1 atom stereocenters. The van der Waals surface area contributed by atoms with E-state index in [4.69, 9.17) is 14.6 Å². The van der Waals surface area contributed by atoms with Gasteiger partial charge in [0.25, 0.3) is 5.91 Å². The number of amides is 1. The van der Waals surface area contributed by atoms with E-state index >= 15 is 0 Å². The summed E-state index contributed by atoms with van der Waals surface area (Å²) in [5.74, 6) is -1.63. The van der Waals surface area contributed by atoms with E-state index in [1.54, 1.807) is 24.3 Å². The zero-order valence-corrected chi connectivity index (χ0v) is 11.9. The van der Waals surface area contributed by atoms with Gasteiger partial charge in [-0.1, -0.05) is 24.3 Å². The summed E-state index contributed by atoms with van der Waals surface area (Å²) in [5, 5.41) is 11.5. The van der Waals surface area contributed by atoms with Crippen LogP contribution in [0.1, 0.15) is 15.9 Å². The molecule has 0 saturated carbocycles. The summed E-state index contributed by atoms with van der Waals surface area (Å²) in [5.41, 5.74) is 1.07. The van der Waals surface area contributed by atoms with Crippen LogP contribution in [0.3, 0.4) is 0 Å². The van der Waals surface area contributed by atoms with Crippen LogP contribution < -0.4 is 5.32 Å². The fourth-order valence-corrected chi connectivity index (χ4v) is 1.70. The Labute approximate surface area is 123 Å². The molecule has 0 aliphatic heterocycles. The first kappa shape index (κ1) is 16.9. The molecule has 2 N–H and O–H groups in total. The van der Waals surface area contributed by atoms with Gasteiger partial charge < -0.3 is 19.9 Å². The number of methoxy groups -OCH3 is 1. The van der Waals surface area contributed by atoms with Crippen LogP contribution in [0.5, 0.6) is 0 Å². The van der Waals surface area contributed by atoms with Crippen LogP contribution in [0.25, 0.3) is 0 Å². The van der Waals surface area contributed by atoms with Gasteiger partial charge in [0.2, 0.25) is 0 Å². The van der Waals surface area contributed by atoms with E-state index in [0.29, 0.717) is 11.1 Å². The Bertz CT molecular complexity index is 501. The minimum Gasteiger partial charge on any atom is -0.480 e. The van der Waals surface area contributed by atoms with Crippen molar-refractivity contribution in [2.24, 2.45) is 0 Å².